The molecular weight excluding hydrogens is 530 g/mol. The third-order valence-electron chi connectivity index (χ3n) is 7.12. The molecule has 1 aliphatic heterocycles. The van der Waals surface area contributed by atoms with Crippen molar-refractivity contribution < 1.29 is 28.6 Å². The second kappa shape index (κ2) is 10.4. The van der Waals surface area contributed by atoms with E-state index in [1.165, 1.54) is 12.0 Å². The molecule has 8 heteroatoms. The fraction of sp³-hybridized carbons (Fsp3) is 0.250. The number of nitrogens with zero attached hydrogens (tertiary/aromatic N) is 1. The zero-order valence-electron chi connectivity index (χ0n) is 22.9. The van der Waals surface area contributed by atoms with Crippen LogP contribution in [0.2, 0.25) is 5.02 Å². The minimum Gasteiger partial charge on any atom is -0.503 e. The largest absolute Gasteiger partial charge is 0.503 e. The third-order valence-corrected chi connectivity index (χ3v) is 7.34. The Morgan fingerprint density at radius 3 is 2.40 bits per heavy atom. The maximum atomic E-state index is 14.0. The number of ether oxygens (including phenoxy) is 2. The van der Waals surface area contributed by atoms with Crippen LogP contribution in [-0.2, 0) is 16.8 Å². The molecule has 1 atom stereocenters. The van der Waals surface area contributed by atoms with E-state index in [4.69, 9.17) is 25.5 Å². The van der Waals surface area contributed by atoms with Crippen LogP contribution < -0.4 is 9.47 Å². The fourth-order valence-electron chi connectivity index (χ4n) is 5.01. The van der Waals surface area contributed by atoms with Crippen LogP contribution in [0.1, 0.15) is 54.1 Å². The van der Waals surface area contributed by atoms with Gasteiger partial charge in [-0.25, -0.2) is 0 Å². The lowest BCUT2D eigenvalue weighted by molar-refractivity contribution is -0.130. The predicted molar refractivity (Wildman–Crippen MR) is 153 cm³/mol. The molecule has 1 aromatic heterocycles. The van der Waals surface area contributed by atoms with Crippen molar-refractivity contribution in [2.24, 2.45) is 0 Å². The molecule has 4 aromatic rings. The van der Waals surface area contributed by atoms with Crippen LogP contribution in [0, 0.1) is 0 Å². The number of carbonyl (C=O) groups is 2. The Morgan fingerprint density at radius 1 is 1.02 bits per heavy atom. The van der Waals surface area contributed by atoms with E-state index in [-0.39, 0.29) is 23.3 Å². The van der Waals surface area contributed by atoms with Crippen molar-refractivity contribution in [1.29, 1.82) is 0 Å². The molecule has 206 valence electrons. The molecule has 40 heavy (non-hydrogen) atoms. The Morgan fingerprint density at radius 2 is 1.75 bits per heavy atom. The topological polar surface area (TPSA) is 89.2 Å². The molecule has 1 unspecified atom stereocenters. The molecule has 0 spiro atoms. The van der Waals surface area contributed by atoms with E-state index in [0.717, 1.165) is 11.1 Å². The number of ketones is 1. The van der Waals surface area contributed by atoms with Gasteiger partial charge in [-0.1, -0.05) is 68.8 Å². The van der Waals surface area contributed by atoms with Gasteiger partial charge in [0, 0.05) is 23.0 Å². The molecule has 5 rings (SSSR count). The highest BCUT2D eigenvalue weighted by atomic mass is 35.5. The summed E-state index contributed by atoms with van der Waals surface area (Å²) in [5.74, 6) is -0.881. The Labute approximate surface area is 237 Å². The summed E-state index contributed by atoms with van der Waals surface area (Å²) in [5.41, 5.74) is 2.78. The predicted octanol–water partition coefficient (Wildman–Crippen LogP) is 7.18. The number of hydrogen-bond acceptors (Lipinski definition) is 6. The highest BCUT2D eigenvalue weighted by Gasteiger charge is 2.44. The van der Waals surface area contributed by atoms with Gasteiger partial charge in [-0.15, -0.1) is 0 Å². The summed E-state index contributed by atoms with van der Waals surface area (Å²) >= 11 is 6.21. The summed E-state index contributed by atoms with van der Waals surface area (Å²) in [6.07, 6.45) is 0. The molecule has 0 saturated heterocycles. The average molecular weight is 560 g/mol. The molecule has 0 aliphatic carbocycles. The van der Waals surface area contributed by atoms with E-state index in [1.807, 2.05) is 48.5 Å². The second-order valence-electron chi connectivity index (χ2n) is 10.8. The number of halogens is 1. The number of aliphatic hydroxyl groups is 1. The lowest BCUT2D eigenvalue weighted by atomic mass is 9.85. The maximum absolute atomic E-state index is 14.0. The Kier molecular flexibility index (Phi) is 7.10. The molecular formula is C32H30ClNO6. The number of hydrogen-bond donors (Lipinski definition) is 1. The summed E-state index contributed by atoms with van der Waals surface area (Å²) < 4.78 is 16.6. The molecule has 0 saturated carbocycles. The van der Waals surface area contributed by atoms with Crippen molar-refractivity contribution in [3.8, 4) is 11.5 Å². The SMILES string of the molecule is COc1cccc(CN2C(=O)C(O)=C(C(=O)c3cc4cc(Cl)cc(OC)c4o3)C2c2ccc(C(C)(C)C)cc2)c1. The Hall–Kier alpha value is -4.23. The molecule has 1 aliphatic rings. The Balaban J connectivity index is 1.61. The first-order valence-electron chi connectivity index (χ1n) is 12.8. The number of Topliss-reactive ketones (excluding diaryl/α,β-unsaturated/α-hetero) is 1. The number of methoxy groups -OCH3 is 2. The standard InChI is InChI=1S/C32H30ClNO6/c1-32(2,3)21-11-9-19(10-12-21)27-26(28(35)24-15-20-14-22(33)16-25(39-5)30(20)40-24)29(36)31(37)34(27)17-18-7-6-8-23(13-18)38-4/h6-16,27,36H,17H2,1-5H3. The minimum atomic E-state index is -0.848. The van der Waals surface area contributed by atoms with Gasteiger partial charge in [-0.05, 0) is 46.4 Å². The van der Waals surface area contributed by atoms with Crippen LogP contribution in [0.15, 0.2) is 82.5 Å². The van der Waals surface area contributed by atoms with Crippen LogP contribution in [0.5, 0.6) is 11.5 Å². The van der Waals surface area contributed by atoms with Crippen molar-refractivity contribution in [3.05, 3.63) is 106 Å². The van der Waals surface area contributed by atoms with E-state index in [1.54, 1.807) is 25.3 Å². The van der Waals surface area contributed by atoms with E-state index in [0.29, 0.717) is 33.1 Å². The van der Waals surface area contributed by atoms with Gasteiger partial charge in [0.1, 0.15) is 5.75 Å². The van der Waals surface area contributed by atoms with Crippen molar-refractivity contribution in [2.45, 2.75) is 38.8 Å². The Bertz CT molecular complexity index is 1640. The lowest BCUT2D eigenvalue weighted by Gasteiger charge is -2.28. The van der Waals surface area contributed by atoms with Gasteiger partial charge in [0.05, 0.1) is 25.8 Å². The number of carbonyl (C=O) groups excluding carboxylic acids is 2. The molecule has 1 amide bonds. The van der Waals surface area contributed by atoms with E-state index in [2.05, 4.69) is 20.8 Å². The van der Waals surface area contributed by atoms with E-state index >= 15 is 0 Å². The van der Waals surface area contributed by atoms with Gasteiger partial charge in [0.2, 0.25) is 5.78 Å². The summed E-state index contributed by atoms with van der Waals surface area (Å²) in [4.78, 5) is 29.0. The molecule has 2 heterocycles. The summed E-state index contributed by atoms with van der Waals surface area (Å²) in [6.45, 7) is 6.48. The minimum absolute atomic E-state index is 0.0375. The summed E-state index contributed by atoms with van der Waals surface area (Å²) in [6, 6.07) is 19.0. The van der Waals surface area contributed by atoms with Gasteiger partial charge in [0.25, 0.3) is 5.91 Å². The average Bonchev–Trinajstić information content (AvgIpc) is 3.46. The van der Waals surface area contributed by atoms with Crippen molar-refractivity contribution in [1.82, 2.24) is 4.90 Å². The summed E-state index contributed by atoms with van der Waals surface area (Å²) in [5, 5.41) is 12.1. The number of rotatable bonds is 7. The van der Waals surface area contributed by atoms with Crippen molar-refractivity contribution >= 4 is 34.3 Å². The monoisotopic (exact) mass is 559 g/mol. The van der Waals surface area contributed by atoms with E-state index in [9.17, 15) is 14.7 Å². The van der Waals surface area contributed by atoms with E-state index < -0.39 is 23.5 Å². The molecule has 0 bridgehead atoms. The molecule has 0 radical (unpaired) electrons. The second-order valence-corrected chi connectivity index (χ2v) is 11.2. The van der Waals surface area contributed by atoms with Crippen molar-refractivity contribution in [2.75, 3.05) is 14.2 Å². The van der Waals surface area contributed by atoms with Gasteiger partial charge in [0.15, 0.2) is 22.9 Å². The normalized spacial score (nSPS) is 15.7. The maximum Gasteiger partial charge on any atom is 0.290 e. The van der Waals surface area contributed by atoms with Gasteiger partial charge < -0.3 is 23.9 Å². The first kappa shape index (κ1) is 27.3. The van der Waals surface area contributed by atoms with Gasteiger partial charge >= 0.3 is 0 Å². The fourth-order valence-corrected chi connectivity index (χ4v) is 5.23. The van der Waals surface area contributed by atoms with Crippen LogP contribution in [0.25, 0.3) is 11.0 Å². The molecule has 7 nitrogen and oxygen atoms in total. The number of fused-ring (bicyclic) bond motifs is 1. The highest BCUT2D eigenvalue weighted by molar-refractivity contribution is 6.31. The zero-order valence-corrected chi connectivity index (χ0v) is 23.7. The number of furan rings is 1. The lowest BCUT2D eigenvalue weighted by Crippen LogP contribution is -2.30. The van der Waals surface area contributed by atoms with Gasteiger partial charge in [-0.2, -0.15) is 0 Å². The van der Waals surface area contributed by atoms with Gasteiger partial charge in [-0.3, -0.25) is 9.59 Å². The summed E-state index contributed by atoms with van der Waals surface area (Å²) in [7, 11) is 3.05. The number of aliphatic hydroxyl groups excluding tert-OH is 1. The number of benzene rings is 3. The van der Waals surface area contributed by atoms with Crippen LogP contribution in [0.4, 0.5) is 0 Å². The highest BCUT2D eigenvalue weighted by Crippen LogP contribution is 2.42. The van der Waals surface area contributed by atoms with Crippen molar-refractivity contribution in [3.63, 3.8) is 0 Å². The van der Waals surface area contributed by atoms with Crippen LogP contribution in [0.3, 0.4) is 0 Å². The number of amides is 1. The van der Waals surface area contributed by atoms with Crippen LogP contribution in [-0.4, -0.2) is 35.9 Å². The molecule has 3 aromatic carbocycles. The first-order chi connectivity index (χ1) is 19.0. The molecule has 0 fully saturated rings. The molecule has 1 N–H and O–H groups in total. The quantitative estimate of drug-likeness (QED) is 0.241. The van der Waals surface area contributed by atoms with Crippen LogP contribution >= 0.6 is 11.6 Å². The zero-order chi connectivity index (χ0) is 28.8. The third kappa shape index (κ3) is 4.93. The smallest absolute Gasteiger partial charge is 0.290 e. The first-order valence-corrected chi connectivity index (χ1v) is 13.2.